The van der Waals surface area contributed by atoms with E-state index in [1.54, 1.807) is 17.7 Å². The van der Waals surface area contributed by atoms with Gasteiger partial charge >= 0.3 is 0 Å². The summed E-state index contributed by atoms with van der Waals surface area (Å²) in [5.74, 6) is 0.599. The van der Waals surface area contributed by atoms with Crippen molar-refractivity contribution in [3.8, 4) is 11.8 Å². The second kappa shape index (κ2) is 5.31. The summed E-state index contributed by atoms with van der Waals surface area (Å²) in [5, 5.41) is 9.17. The summed E-state index contributed by atoms with van der Waals surface area (Å²) in [6, 6.07) is 7.63. The highest BCUT2D eigenvalue weighted by Crippen LogP contribution is 2.37. The van der Waals surface area contributed by atoms with Gasteiger partial charge in [0.05, 0.1) is 17.2 Å². The summed E-state index contributed by atoms with van der Waals surface area (Å²) in [4.78, 5) is 4.30. The van der Waals surface area contributed by atoms with E-state index in [4.69, 9.17) is 4.74 Å². The molecule has 94 valence electrons. The minimum absolute atomic E-state index is 0.0408. The topological polar surface area (TPSA) is 57.4 Å². The van der Waals surface area contributed by atoms with Crippen LogP contribution < -0.4 is 9.46 Å². The van der Waals surface area contributed by atoms with Gasteiger partial charge in [0, 0.05) is 5.56 Å². The van der Waals surface area contributed by atoms with Gasteiger partial charge in [0.25, 0.3) is 0 Å². The normalized spacial score (nSPS) is 22.2. The molecule has 1 N–H and O–H groups in total. The molecule has 1 atom stereocenters. The van der Waals surface area contributed by atoms with Gasteiger partial charge in [0.2, 0.25) is 4.57 Å². The van der Waals surface area contributed by atoms with E-state index in [1.807, 2.05) is 19.9 Å². The Labute approximate surface area is 119 Å². The molecule has 1 heterocycles. The minimum Gasteiger partial charge on any atom is -0.490 e. The Morgan fingerprint density at radius 1 is 1.56 bits per heavy atom. The zero-order valence-electron chi connectivity index (χ0n) is 9.98. The summed E-state index contributed by atoms with van der Waals surface area (Å²) >= 11 is 4.91. The SMILES string of the molecule is CC(C)Oc1ccc(C2(Br)N=CSN2)cc1C#N. The molecule has 0 spiro atoms. The van der Waals surface area contributed by atoms with Crippen LogP contribution in [0.5, 0.6) is 5.75 Å². The number of nitriles is 1. The lowest BCUT2D eigenvalue weighted by molar-refractivity contribution is 0.241. The van der Waals surface area contributed by atoms with Gasteiger partial charge in [0.1, 0.15) is 11.8 Å². The summed E-state index contributed by atoms with van der Waals surface area (Å²) in [6.07, 6.45) is 0.0408. The summed E-state index contributed by atoms with van der Waals surface area (Å²) < 4.78 is 8.05. The van der Waals surface area contributed by atoms with Crippen LogP contribution in [0.25, 0.3) is 0 Å². The highest BCUT2D eigenvalue weighted by molar-refractivity contribution is 9.09. The maximum atomic E-state index is 9.17. The Kier molecular flexibility index (Phi) is 3.95. The van der Waals surface area contributed by atoms with Gasteiger partial charge in [0.15, 0.2) is 0 Å². The first-order chi connectivity index (χ1) is 8.55. The molecule has 0 saturated heterocycles. The molecule has 1 unspecified atom stereocenters. The van der Waals surface area contributed by atoms with Crippen LogP contribution in [0.1, 0.15) is 25.0 Å². The number of benzene rings is 1. The first-order valence-electron chi connectivity index (χ1n) is 5.42. The Balaban J connectivity index is 2.36. The third kappa shape index (κ3) is 2.69. The predicted molar refractivity (Wildman–Crippen MR) is 76.7 cm³/mol. The highest BCUT2D eigenvalue weighted by atomic mass is 79.9. The Morgan fingerprint density at radius 2 is 2.33 bits per heavy atom. The first-order valence-corrected chi connectivity index (χ1v) is 7.09. The van der Waals surface area contributed by atoms with Gasteiger partial charge in [-0.25, -0.2) is 9.71 Å². The molecule has 2 rings (SSSR count). The number of nitrogens with one attached hydrogen (secondary N) is 1. The zero-order valence-corrected chi connectivity index (χ0v) is 12.4. The fourth-order valence-corrected chi connectivity index (χ4v) is 2.90. The summed E-state index contributed by atoms with van der Waals surface area (Å²) in [5.41, 5.74) is 3.10. The standard InChI is InChI=1S/C12H12BrN3OS/c1-8(2)17-11-4-3-10(5-9(11)6-14)12(13)15-7-18-16-12/h3-5,7-8,16H,1-2H3. The predicted octanol–water partition coefficient (Wildman–Crippen LogP) is 3.13. The molecule has 18 heavy (non-hydrogen) atoms. The number of ether oxygens (including phenoxy) is 1. The van der Waals surface area contributed by atoms with Crippen molar-refractivity contribution in [1.82, 2.24) is 4.72 Å². The average molecular weight is 326 g/mol. The number of hydrogen-bond donors (Lipinski definition) is 1. The molecule has 0 bridgehead atoms. The van der Waals surface area contributed by atoms with Gasteiger partial charge in [-0.2, -0.15) is 5.26 Å². The van der Waals surface area contributed by atoms with Crippen LogP contribution in [-0.2, 0) is 4.57 Å². The smallest absolute Gasteiger partial charge is 0.202 e. The average Bonchev–Trinajstić information content (AvgIpc) is 2.77. The zero-order chi connectivity index (χ0) is 13.2. The molecular weight excluding hydrogens is 314 g/mol. The fourth-order valence-electron chi connectivity index (χ4n) is 1.54. The molecule has 0 aliphatic carbocycles. The third-order valence-electron chi connectivity index (χ3n) is 2.32. The number of hydrogen-bond acceptors (Lipinski definition) is 5. The van der Waals surface area contributed by atoms with Gasteiger partial charge < -0.3 is 4.74 Å². The van der Waals surface area contributed by atoms with Crippen LogP contribution in [0.15, 0.2) is 23.2 Å². The summed E-state index contributed by atoms with van der Waals surface area (Å²) in [7, 11) is 0. The lowest BCUT2D eigenvalue weighted by Crippen LogP contribution is -2.25. The van der Waals surface area contributed by atoms with E-state index in [9.17, 15) is 5.26 Å². The van der Waals surface area contributed by atoms with E-state index < -0.39 is 4.57 Å². The minimum atomic E-state index is -0.653. The summed E-state index contributed by atoms with van der Waals surface area (Å²) in [6.45, 7) is 3.86. The van der Waals surface area contributed by atoms with Crippen LogP contribution in [-0.4, -0.2) is 11.7 Å². The van der Waals surface area contributed by atoms with Crippen LogP contribution in [0.4, 0.5) is 0 Å². The van der Waals surface area contributed by atoms with Crippen molar-refractivity contribution in [2.24, 2.45) is 4.99 Å². The van der Waals surface area contributed by atoms with Crippen molar-refractivity contribution in [2.75, 3.05) is 0 Å². The van der Waals surface area contributed by atoms with Crippen molar-refractivity contribution >= 4 is 33.4 Å². The molecule has 4 nitrogen and oxygen atoms in total. The van der Waals surface area contributed by atoms with Crippen LogP contribution in [0.3, 0.4) is 0 Å². The van der Waals surface area contributed by atoms with Crippen molar-refractivity contribution in [3.63, 3.8) is 0 Å². The first kappa shape index (κ1) is 13.4. The maximum absolute atomic E-state index is 9.17. The van der Waals surface area contributed by atoms with E-state index in [-0.39, 0.29) is 6.10 Å². The monoisotopic (exact) mass is 325 g/mol. The molecular formula is C12H12BrN3OS. The Bertz CT molecular complexity index is 527. The molecule has 0 radical (unpaired) electrons. The second-order valence-corrected chi connectivity index (χ2v) is 5.86. The van der Waals surface area contributed by atoms with Gasteiger partial charge in [-0.1, -0.05) is 6.07 Å². The van der Waals surface area contributed by atoms with Crippen molar-refractivity contribution in [3.05, 3.63) is 29.3 Å². The molecule has 0 saturated carbocycles. The highest BCUT2D eigenvalue weighted by Gasteiger charge is 2.31. The van der Waals surface area contributed by atoms with E-state index in [1.165, 1.54) is 11.9 Å². The lowest BCUT2D eigenvalue weighted by Gasteiger charge is -2.20. The third-order valence-corrected chi connectivity index (χ3v) is 4.07. The number of halogens is 1. The number of aliphatic imine (C=N–C) groups is 1. The van der Waals surface area contributed by atoms with Crippen LogP contribution in [0, 0.1) is 11.3 Å². The van der Waals surface area contributed by atoms with Crippen molar-refractivity contribution in [2.45, 2.75) is 24.5 Å². The van der Waals surface area contributed by atoms with Crippen LogP contribution >= 0.6 is 27.9 Å². The van der Waals surface area contributed by atoms with Crippen molar-refractivity contribution < 1.29 is 4.74 Å². The van der Waals surface area contributed by atoms with Gasteiger partial charge in [-0.3, -0.25) is 0 Å². The molecule has 6 heteroatoms. The fraction of sp³-hybridized carbons (Fsp3) is 0.333. The largest absolute Gasteiger partial charge is 0.490 e. The second-order valence-electron chi connectivity index (χ2n) is 4.07. The Morgan fingerprint density at radius 3 is 2.89 bits per heavy atom. The lowest BCUT2D eigenvalue weighted by atomic mass is 10.1. The van der Waals surface area contributed by atoms with E-state index in [2.05, 4.69) is 31.7 Å². The van der Waals surface area contributed by atoms with E-state index in [0.717, 1.165) is 5.56 Å². The number of nitrogens with zero attached hydrogens (tertiary/aromatic N) is 2. The molecule has 0 fully saturated rings. The molecule has 1 aromatic carbocycles. The number of alkyl halides is 1. The molecule has 0 aromatic heterocycles. The molecule has 1 aromatic rings. The van der Waals surface area contributed by atoms with E-state index in [0.29, 0.717) is 11.3 Å². The molecule has 1 aliphatic rings. The molecule has 0 amide bonds. The van der Waals surface area contributed by atoms with E-state index >= 15 is 0 Å². The Hall–Kier alpha value is -1.03. The van der Waals surface area contributed by atoms with Crippen LogP contribution in [0.2, 0.25) is 0 Å². The maximum Gasteiger partial charge on any atom is 0.202 e. The van der Waals surface area contributed by atoms with Gasteiger partial charge in [-0.05, 0) is 53.9 Å². The van der Waals surface area contributed by atoms with Gasteiger partial charge in [-0.15, -0.1) is 0 Å². The quantitative estimate of drug-likeness (QED) is 0.527. The van der Waals surface area contributed by atoms with Crippen molar-refractivity contribution in [1.29, 1.82) is 5.26 Å². The molecule has 1 aliphatic heterocycles. The number of rotatable bonds is 3.